The number of rotatable bonds is 5. The van der Waals surface area contributed by atoms with E-state index in [1.54, 1.807) is 6.07 Å². The Morgan fingerprint density at radius 1 is 1.26 bits per heavy atom. The van der Waals surface area contributed by atoms with Gasteiger partial charge in [0.15, 0.2) is 6.10 Å². The first-order chi connectivity index (χ1) is 12.9. The number of hydrogen-bond acceptors (Lipinski definition) is 5. The summed E-state index contributed by atoms with van der Waals surface area (Å²) in [5.74, 6) is -2.02. The number of hydrogen-bond donors (Lipinski definition) is 2. The van der Waals surface area contributed by atoms with Crippen molar-refractivity contribution in [2.24, 2.45) is 0 Å². The molecular formula is C19H17FN2O4S. The average molecular weight is 388 g/mol. The van der Waals surface area contributed by atoms with Crippen LogP contribution in [0.5, 0.6) is 0 Å². The highest BCUT2D eigenvalue weighted by Crippen LogP contribution is 2.36. The Balaban J connectivity index is 1.54. The number of ether oxygens (including phenoxy) is 1. The van der Waals surface area contributed by atoms with Crippen LogP contribution in [0.15, 0.2) is 53.4 Å². The molecule has 2 aromatic rings. The van der Waals surface area contributed by atoms with Gasteiger partial charge in [-0.1, -0.05) is 18.2 Å². The zero-order valence-corrected chi connectivity index (χ0v) is 15.2. The number of carbonyl (C=O) groups is 3. The number of esters is 1. The first-order valence-electron chi connectivity index (χ1n) is 8.25. The van der Waals surface area contributed by atoms with Crippen LogP contribution in [-0.4, -0.2) is 29.1 Å². The summed E-state index contributed by atoms with van der Waals surface area (Å²) in [6, 6.07) is 12.7. The normalized spacial score (nSPS) is 16.7. The smallest absolute Gasteiger partial charge is 0.308 e. The number of fused-ring (bicyclic) bond motifs is 1. The van der Waals surface area contributed by atoms with Gasteiger partial charge in [0.25, 0.3) is 5.91 Å². The molecule has 0 aliphatic carbocycles. The Kier molecular flexibility index (Phi) is 5.75. The Morgan fingerprint density at radius 2 is 2.04 bits per heavy atom. The van der Waals surface area contributed by atoms with Crippen LogP contribution in [0.3, 0.4) is 0 Å². The molecule has 0 saturated carbocycles. The summed E-state index contributed by atoms with van der Waals surface area (Å²) in [5, 5.41) is 4.59. The maximum absolute atomic E-state index is 13.2. The summed E-state index contributed by atoms with van der Waals surface area (Å²) in [4.78, 5) is 37.2. The minimum atomic E-state index is -1.08. The molecule has 27 heavy (non-hydrogen) atoms. The van der Waals surface area contributed by atoms with Crippen molar-refractivity contribution >= 4 is 40.9 Å². The maximum atomic E-state index is 13.2. The van der Waals surface area contributed by atoms with Gasteiger partial charge in [-0.3, -0.25) is 14.4 Å². The fourth-order valence-electron chi connectivity index (χ4n) is 2.49. The fraction of sp³-hybridized carbons (Fsp3) is 0.211. The molecule has 2 aromatic carbocycles. The molecule has 140 valence electrons. The van der Waals surface area contributed by atoms with Crippen molar-refractivity contribution in [2.45, 2.75) is 29.6 Å². The standard InChI is InChI=1S/C19H17FN2O4S/c1-11(18(24)21-13-6-4-5-12(20)9-13)26-17(23)10-16-19(25)22-14-7-2-3-8-15(14)27-16/h2-9,11,16H,10H2,1H3,(H,21,24)(H,22,25)/t11-,16+/m1/s1. The summed E-state index contributed by atoms with van der Waals surface area (Å²) >= 11 is 1.28. The van der Waals surface area contributed by atoms with E-state index in [0.29, 0.717) is 5.69 Å². The first-order valence-corrected chi connectivity index (χ1v) is 9.13. The third kappa shape index (κ3) is 4.85. The van der Waals surface area contributed by atoms with Crippen LogP contribution < -0.4 is 10.6 Å². The molecule has 1 heterocycles. The van der Waals surface area contributed by atoms with Gasteiger partial charge >= 0.3 is 5.97 Å². The second-order valence-electron chi connectivity index (χ2n) is 5.93. The van der Waals surface area contributed by atoms with Crippen molar-refractivity contribution in [1.82, 2.24) is 0 Å². The highest BCUT2D eigenvalue weighted by Gasteiger charge is 2.30. The van der Waals surface area contributed by atoms with Crippen molar-refractivity contribution in [3.8, 4) is 0 Å². The molecule has 8 heteroatoms. The van der Waals surface area contributed by atoms with E-state index in [2.05, 4.69) is 10.6 Å². The minimum absolute atomic E-state index is 0.164. The lowest BCUT2D eigenvalue weighted by molar-refractivity contribution is -0.153. The third-order valence-corrected chi connectivity index (χ3v) is 5.10. The van der Waals surface area contributed by atoms with Crippen LogP contribution in [0.4, 0.5) is 15.8 Å². The van der Waals surface area contributed by atoms with Gasteiger partial charge in [-0.15, -0.1) is 11.8 Å². The zero-order valence-electron chi connectivity index (χ0n) is 14.4. The van der Waals surface area contributed by atoms with Crippen LogP contribution >= 0.6 is 11.8 Å². The van der Waals surface area contributed by atoms with E-state index in [-0.39, 0.29) is 18.0 Å². The summed E-state index contributed by atoms with van der Waals surface area (Å²) in [7, 11) is 0. The van der Waals surface area contributed by atoms with E-state index in [4.69, 9.17) is 4.74 Å². The molecule has 0 radical (unpaired) electrons. The van der Waals surface area contributed by atoms with Gasteiger partial charge < -0.3 is 15.4 Å². The van der Waals surface area contributed by atoms with E-state index >= 15 is 0 Å². The van der Waals surface area contributed by atoms with Gasteiger partial charge in [0.2, 0.25) is 5.91 Å². The number of nitrogens with one attached hydrogen (secondary N) is 2. The predicted molar refractivity (Wildman–Crippen MR) is 99.9 cm³/mol. The number of para-hydroxylation sites is 1. The highest BCUT2D eigenvalue weighted by atomic mass is 32.2. The molecule has 1 aliphatic rings. The number of thioether (sulfide) groups is 1. The molecule has 2 amide bonds. The SMILES string of the molecule is C[C@@H](OC(=O)C[C@@H]1Sc2ccccc2NC1=O)C(=O)Nc1cccc(F)c1. The third-order valence-electron chi connectivity index (χ3n) is 3.83. The van der Waals surface area contributed by atoms with Crippen LogP contribution in [-0.2, 0) is 19.1 Å². The van der Waals surface area contributed by atoms with Crippen molar-refractivity contribution in [3.05, 3.63) is 54.3 Å². The van der Waals surface area contributed by atoms with Gasteiger partial charge in [-0.25, -0.2) is 4.39 Å². The van der Waals surface area contributed by atoms with E-state index in [0.717, 1.165) is 11.0 Å². The fourth-order valence-corrected chi connectivity index (χ4v) is 3.58. The lowest BCUT2D eigenvalue weighted by Gasteiger charge is -2.23. The van der Waals surface area contributed by atoms with Crippen LogP contribution in [0.1, 0.15) is 13.3 Å². The van der Waals surface area contributed by atoms with Crippen LogP contribution in [0.25, 0.3) is 0 Å². The summed E-state index contributed by atoms with van der Waals surface area (Å²) in [6.07, 6.45) is -1.24. The van der Waals surface area contributed by atoms with E-state index < -0.39 is 29.0 Å². The van der Waals surface area contributed by atoms with Gasteiger partial charge in [-0.05, 0) is 37.3 Å². The van der Waals surface area contributed by atoms with E-state index in [1.807, 2.05) is 18.2 Å². The van der Waals surface area contributed by atoms with Gasteiger partial charge in [-0.2, -0.15) is 0 Å². The molecule has 2 N–H and O–H groups in total. The first kappa shape index (κ1) is 18.9. The number of benzene rings is 2. The minimum Gasteiger partial charge on any atom is -0.452 e. The lowest BCUT2D eigenvalue weighted by atomic mass is 10.2. The van der Waals surface area contributed by atoms with E-state index in [1.165, 1.54) is 36.9 Å². The number of amides is 2. The quantitative estimate of drug-likeness (QED) is 0.769. The Morgan fingerprint density at radius 3 is 2.81 bits per heavy atom. The Labute approximate surface area is 159 Å². The van der Waals surface area contributed by atoms with Crippen molar-refractivity contribution in [1.29, 1.82) is 0 Å². The van der Waals surface area contributed by atoms with E-state index in [9.17, 15) is 18.8 Å². The van der Waals surface area contributed by atoms with Gasteiger partial charge in [0.05, 0.1) is 17.4 Å². The molecule has 6 nitrogen and oxygen atoms in total. The molecule has 1 aliphatic heterocycles. The number of anilines is 2. The van der Waals surface area contributed by atoms with Gasteiger partial charge in [0, 0.05) is 10.6 Å². The van der Waals surface area contributed by atoms with Gasteiger partial charge in [0.1, 0.15) is 5.82 Å². The monoisotopic (exact) mass is 388 g/mol. The Hall–Kier alpha value is -2.87. The zero-order chi connectivity index (χ0) is 19.4. The second-order valence-corrected chi connectivity index (χ2v) is 7.17. The van der Waals surface area contributed by atoms with Crippen molar-refractivity contribution in [2.75, 3.05) is 10.6 Å². The van der Waals surface area contributed by atoms with Crippen LogP contribution in [0, 0.1) is 5.82 Å². The molecule has 0 spiro atoms. The maximum Gasteiger partial charge on any atom is 0.308 e. The average Bonchev–Trinajstić information content (AvgIpc) is 2.62. The predicted octanol–water partition coefficient (Wildman–Crippen LogP) is 3.20. The number of carbonyl (C=O) groups excluding carboxylic acids is 3. The molecule has 0 saturated heterocycles. The Bertz CT molecular complexity index is 890. The summed E-state index contributed by atoms with van der Waals surface area (Å²) in [6.45, 7) is 1.41. The molecule has 0 unspecified atom stereocenters. The second kappa shape index (κ2) is 8.22. The topological polar surface area (TPSA) is 84.5 Å². The molecule has 0 bridgehead atoms. The van der Waals surface area contributed by atoms with Crippen molar-refractivity contribution < 1.29 is 23.5 Å². The summed E-state index contributed by atoms with van der Waals surface area (Å²) in [5.41, 5.74) is 0.974. The van der Waals surface area contributed by atoms with Crippen LogP contribution in [0.2, 0.25) is 0 Å². The molecular weight excluding hydrogens is 371 g/mol. The summed E-state index contributed by atoms with van der Waals surface area (Å²) < 4.78 is 18.3. The lowest BCUT2D eigenvalue weighted by Crippen LogP contribution is -2.34. The molecule has 3 rings (SSSR count). The largest absolute Gasteiger partial charge is 0.452 e. The molecule has 0 fully saturated rings. The molecule has 0 aromatic heterocycles. The number of halogens is 1. The highest BCUT2D eigenvalue weighted by molar-refractivity contribution is 8.01. The molecule has 2 atom stereocenters. The van der Waals surface area contributed by atoms with Crippen molar-refractivity contribution in [3.63, 3.8) is 0 Å².